The SMILES string of the molecule is C=CCN(CC=C)CC(O)c1ccc(Cl)cc1Cl. The summed E-state index contributed by atoms with van der Waals surface area (Å²) in [7, 11) is 0. The molecule has 0 saturated heterocycles. The number of nitrogens with zero attached hydrogens (tertiary/aromatic N) is 1. The largest absolute Gasteiger partial charge is 0.387 e. The molecule has 0 aliphatic carbocycles. The van der Waals surface area contributed by atoms with Crippen LogP contribution < -0.4 is 0 Å². The van der Waals surface area contributed by atoms with Crippen molar-refractivity contribution in [2.24, 2.45) is 0 Å². The number of hydrogen-bond donors (Lipinski definition) is 1. The Hall–Kier alpha value is -0.800. The Bertz CT molecular complexity index is 410. The zero-order valence-corrected chi connectivity index (χ0v) is 11.7. The van der Waals surface area contributed by atoms with Crippen LogP contribution in [0.25, 0.3) is 0 Å². The van der Waals surface area contributed by atoms with Gasteiger partial charge in [0.15, 0.2) is 0 Å². The average molecular weight is 286 g/mol. The molecule has 1 atom stereocenters. The van der Waals surface area contributed by atoms with Crippen LogP contribution in [0, 0.1) is 0 Å². The van der Waals surface area contributed by atoms with Gasteiger partial charge in [-0.1, -0.05) is 41.4 Å². The fraction of sp³-hybridized carbons (Fsp3) is 0.286. The van der Waals surface area contributed by atoms with Crippen molar-refractivity contribution >= 4 is 23.2 Å². The molecule has 0 aliphatic rings. The molecule has 1 N–H and O–H groups in total. The van der Waals surface area contributed by atoms with E-state index >= 15 is 0 Å². The van der Waals surface area contributed by atoms with E-state index in [1.165, 1.54) is 0 Å². The average Bonchev–Trinajstić information content (AvgIpc) is 2.29. The van der Waals surface area contributed by atoms with Crippen molar-refractivity contribution in [1.29, 1.82) is 0 Å². The minimum atomic E-state index is -0.658. The number of halogens is 2. The van der Waals surface area contributed by atoms with E-state index in [4.69, 9.17) is 23.2 Å². The van der Waals surface area contributed by atoms with Gasteiger partial charge in [0.05, 0.1) is 6.10 Å². The van der Waals surface area contributed by atoms with Gasteiger partial charge in [0.2, 0.25) is 0 Å². The molecule has 1 rings (SSSR count). The van der Waals surface area contributed by atoms with Crippen LogP contribution in [0.1, 0.15) is 11.7 Å². The molecule has 0 radical (unpaired) electrons. The standard InChI is InChI=1S/C14H17Cl2NO/c1-3-7-17(8-4-2)10-14(18)12-6-5-11(15)9-13(12)16/h3-6,9,14,18H,1-2,7-8,10H2. The molecule has 1 unspecified atom stereocenters. The zero-order valence-electron chi connectivity index (χ0n) is 10.1. The highest BCUT2D eigenvalue weighted by Crippen LogP contribution is 2.26. The minimum absolute atomic E-state index is 0.472. The van der Waals surface area contributed by atoms with Crippen molar-refractivity contribution in [3.63, 3.8) is 0 Å². The second kappa shape index (κ2) is 7.59. The lowest BCUT2D eigenvalue weighted by Crippen LogP contribution is -2.29. The normalized spacial score (nSPS) is 12.4. The fourth-order valence-corrected chi connectivity index (χ4v) is 2.24. The molecule has 0 amide bonds. The highest BCUT2D eigenvalue weighted by Gasteiger charge is 2.15. The van der Waals surface area contributed by atoms with E-state index in [9.17, 15) is 5.11 Å². The Kier molecular flexibility index (Phi) is 6.44. The molecule has 0 spiro atoms. The maximum Gasteiger partial charge on any atom is 0.0931 e. The lowest BCUT2D eigenvalue weighted by molar-refractivity contribution is 0.125. The van der Waals surface area contributed by atoms with Crippen LogP contribution in [-0.2, 0) is 0 Å². The van der Waals surface area contributed by atoms with Crippen molar-refractivity contribution in [3.8, 4) is 0 Å². The number of benzene rings is 1. The van der Waals surface area contributed by atoms with Crippen molar-refractivity contribution < 1.29 is 5.11 Å². The molecule has 98 valence electrons. The molecule has 0 aromatic heterocycles. The molecular weight excluding hydrogens is 269 g/mol. The zero-order chi connectivity index (χ0) is 13.5. The van der Waals surface area contributed by atoms with E-state index in [0.717, 1.165) is 0 Å². The van der Waals surface area contributed by atoms with Crippen LogP contribution >= 0.6 is 23.2 Å². The summed E-state index contributed by atoms with van der Waals surface area (Å²) < 4.78 is 0. The van der Waals surface area contributed by atoms with Gasteiger partial charge >= 0.3 is 0 Å². The maximum absolute atomic E-state index is 10.2. The first kappa shape index (κ1) is 15.3. The van der Waals surface area contributed by atoms with Crippen LogP contribution in [0.4, 0.5) is 0 Å². The third-order valence-electron chi connectivity index (χ3n) is 2.53. The Balaban J connectivity index is 2.75. The quantitative estimate of drug-likeness (QED) is 0.772. The Morgan fingerprint density at radius 1 is 1.22 bits per heavy atom. The van der Waals surface area contributed by atoms with Gasteiger partial charge in [0.25, 0.3) is 0 Å². The number of hydrogen-bond acceptors (Lipinski definition) is 2. The van der Waals surface area contributed by atoms with E-state index in [2.05, 4.69) is 13.2 Å². The summed E-state index contributed by atoms with van der Waals surface area (Å²) in [6.45, 7) is 9.23. The predicted octanol–water partition coefficient (Wildman–Crippen LogP) is 3.70. The summed E-state index contributed by atoms with van der Waals surface area (Å²) in [4.78, 5) is 2.02. The molecular formula is C14H17Cl2NO. The van der Waals surface area contributed by atoms with Gasteiger partial charge in [-0.25, -0.2) is 0 Å². The van der Waals surface area contributed by atoms with E-state index in [-0.39, 0.29) is 0 Å². The summed E-state index contributed by atoms with van der Waals surface area (Å²) in [6.07, 6.45) is 2.92. The molecule has 18 heavy (non-hydrogen) atoms. The van der Waals surface area contributed by atoms with Crippen LogP contribution in [-0.4, -0.2) is 29.6 Å². The minimum Gasteiger partial charge on any atom is -0.387 e. The monoisotopic (exact) mass is 285 g/mol. The Morgan fingerprint density at radius 3 is 2.33 bits per heavy atom. The molecule has 0 aliphatic heterocycles. The summed E-state index contributed by atoms with van der Waals surface area (Å²) in [5, 5.41) is 11.2. The van der Waals surface area contributed by atoms with E-state index in [1.54, 1.807) is 30.4 Å². The van der Waals surface area contributed by atoms with Gasteiger partial charge in [-0.3, -0.25) is 4.90 Å². The second-order valence-corrected chi connectivity index (χ2v) is 4.82. The maximum atomic E-state index is 10.2. The van der Waals surface area contributed by atoms with Crippen LogP contribution in [0.3, 0.4) is 0 Å². The third kappa shape index (κ3) is 4.46. The molecule has 0 bridgehead atoms. The number of rotatable bonds is 7. The topological polar surface area (TPSA) is 23.5 Å². The first-order chi connectivity index (χ1) is 8.58. The molecule has 4 heteroatoms. The fourth-order valence-electron chi connectivity index (χ4n) is 1.70. The van der Waals surface area contributed by atoms with Gasteiger partial charge in [-0.15, -0.1) is 13.2 Å². The highest BCUT2D eigenvalue weighted by molar-refractivity contribution is 6.35. The van der Waals surface area contributed by atoms with Gasteiger partial charge in [-0.2, -0.15) is 0 Å². The van der Waals surface area contributed by atoms with E-state index in [0.29, 0.717) is 35.2 Å². The lowest BCUT2D eigenvalue weighted by Gasteiger charge is -2.23. The molecule has 2 nitrogen and oxygen atoms in total. The molecule has 1 aromatic carbocycles. The van der Waals surface area contributed by atoms with Crippen molar-refractivity contribution in [1.82, 2.24) is 4.90 Å². The summed E-state index contributed by atoms with van der Waals surface area (Å²) >= 11 is 11.9. The smallest absolute Gasteiger partial charge is 0.0931 e. The van der Waals surface area contributed by atoms with Gasteiger partial charge < -0.3 is 5.11 Å². The van der Waals surface area contributed by atoms with Crippen LogP contribution in [0.2, 0.25) is 10.0 Å². The lowest BCUT2D eigenvalue weighted by atomic mass is 10.1. The van der Waals surface area contributed by atoms with E-state index < -0.39 is 6.10 Å². The molecule has 0 heterocycles. The molecule has 0 fully saturated rings. The first-order valence-electron chi connectivity index (χ1n) is 5.65. The summed E-state index contributed by atoms with van der Waals surface area (Å²) in [5.41, 5.74) is 0.680. The highest BCUT2D eigenvalue weighted by atomic mass is 35.5. The summed E-state index contributed by atoms with van der Waals surface area (Å²) in [6, 6.07) is 5.10. The Morgan fingerprint density at radius 2 is 1.83 bits per heavy atom. The first-order valence-corrected chi connectivity index (χ1v) is 6.41. The number of aliphatic hydroxyl groups excluding tert-OH is 1. The van der Waals surface area contributed by atoms with Gasteiger partial charge in [0.1, 0.15) is 0 Å². The van der Waals surface area contributed by atoms with Crippen LogP contribution in [0.5, 0.6) is 0 Å². The Labute approximate surface area is 118 Å². The van der Waals surface area contributed by atoms with Crippen molar-refractivity contribution in [2.45, 2.75) is 6.10 Å². The third-order valence-corrected chi connectivity index (χ3v) is 3.09. The second-order valence-electron chi connectivity index (χ2n) is 3.98. The number of aliphatic hydroxyl groups is 1. The van der Waals surface area contributed by atoms with Gasteiger partial charge in [0, 0.05) is 35.2 Å². The van der Waals surface area contributed by atoms with Gasteiger partial charge in [-0.05, 0) is 12.1 Å². The predicted molar refractivity (Wildman–Crippen MR) is 78.3 cm³/mol. The molecule has 1 aromatic rings. The van der Waals surface area contributed by atoms with Crippen LogP contribution in [0.15, 0.2) is 43.5 Å². The van der Waals surface area contributed by atoms with Crippen molar-refractivity contribution in [3.05, 3.63) is 59.1 Å². The van der Waals surface area contributed by atoms with E-state index in [1.807, 2.05) is 4.90 Å². The summed E-state index contributed by atoms with van der Waals surface area (Å²) in [5.74, 6) is 0. The molecule has 0 saturated carbocycles. The van der Waals surface area contributed by atoms with Crippen molar-refractivity contribution in [2.75, 3.05) is 19.6 Å².